The lowest BCUT2D eigenvalue weighted by Gasteiger charge is -2.11. The van der Waals surface area contributed by atoms with Crippen LogP contribution in [0.4, 0.5) is 0 Å². The summed E-state index contributed by atoms with van der Waals surface area (Å²) in [5.74, 6) is 0.811. The Morgan fingerprint density at radius 2 is 2.08 bits per heavy atom. The summed E-state index contributed by atoms with van der Waals surface area (Å²) >= 11 is 1.75. The first-order valence-corrected chi connectivity index (χ1v) is 9.47. The third-order valence-electron chi connectivity index (χ3n) is 4.28. The molecule has 0 aliphatic rings. The third kappa shape index (κ3) is 4.97. The van der Waals surface area contributed by atoms with Gasteiger partial charge in [-0.3, -0.25) is 4.99 Å². The van der Waals surface area contributed by atoms with Crippen LogP contribution >= 0.6 is 35.3 Å². The maximum absolute atomic E-state index is 4.43. The van der Waals surface area contributed by atoms with Crippen molar-refractivity contribution < 1.29 is 0 Å². The van der Waals surface area contributed by atoms with E-state index in [9.17, 15) is 0 Å². The lowest BCUT2D eigenvalue weighted by molar-refractivity contribution is 0.791. The van der Waals surface area contributed by atoms with Gasteiger partial charge in [-0.1, -0.05) is 25.1 Å². The predicted octanol–water partition coefficient (Wildman–Crippen LogP) is 4.02. The Kier molecular flexibility index (Phi) is 7.89. The largest absolute Gasteiger partial charge is 0.358 e. The Bertz CT molecular complexity index is 868. The van der Waals surface area contributed by atoms with Crippen LogP contribution in [0.2, 0.25) is 0 Å². The molecule has 0 aliphatic carbocycles. The topological polar surface area (TPSA) is 65.1 Å². The van der Waals surface area contributed by atoms with Crippen LogP contribution in [0.25, 0.3) is 10.9 Å². The summed E-state index contributed by atoms with van der Waals surface area (Å²) in [7, 11) is 1.80. The normalized spacial score (nSPS) is 11.4. The molecule has 140 valence electrons. The zero-order chi connectivity index (χ0) is 17.6. The number of fused-ring (bicyclic) bond motifs is 1. The van der Waals surface area contributed by atoms with Gasteiger partial charge in [0.15, 0.2) is 5.96 Å². The van der Waals surface area contributed by atoms with E-state index in [1.54, 1.807) is 18.4 Å². The molecular formula is C19H26IN5S. The summed E-state index contributed by atoms with van der Waals surface area (Å²) in [6.45, 7) is 5.82. The van der Waals surface area contributed by atoms with Crippen molar-refractivity contribution in [1.82, 2.24) is 20.6 Å². The van der Waals surface area contributed by atoms with E-state index in [1.165, 1.54) is 27.0 Å². The second-order valence-electron chi connectivity index (χ2n) is 5.95. The summed E-state index contributed by atoms with van der Waals surface area (Å²) in [4.78, 5) is 13.5. The van der Waals surface area contributed by atoms with E-state index in [0.29, 0.717) is 6.54 Å². The smallest absolute Gasteiger partial charge is 0.191 e. The van der Waals surface area contributed by atoms with Crippen molar-refractivity contribution in [1.29, 1.82) is 0 Å². The van der Waals surface area contributed by atoms with E-state index < -0.39 is 0 Å². The van der Waals surface area contributed by atoms with E-state index in [2.05, 4.69) is 63.7 Å². The van der Waals surface area contributed by atoms with Gasteiger partial charge >= 0.3 is 0 Å². The summed E-state index contributed by atoms with van der Waals surface area (Å²) < 4.78 is 0. The molecule has 3 aromatic rings. The highest BCUT2D eigenvalue weighted by molar-refractivity contribution is 14.0. The van der Waals surface area contributed by atoms with Gasteiger partial charge in [0.2, 0.25) is 0 Å². The molecule has 0 aliphatic heterocycles. The van der Waals surface area contributed by atoms with Crippen molar-refractivity contribution >= 4 is 52.2 Å². The molecular weight excluding hydrogens is 457 g/mol. The second-order valence-corrected chi connectivity index (χ2v) is 7.15. The van der Waals surface area contributed by atoms with Gasteiger partial charge < -0.3 is 15.6 Å². The highest BCUT2D eigenvalue weighted by Gasteiger charge is 2.08. The van der Waals surface area contributed by atoms with E-state index >= 15 is 0 Å². The number of aromatic nitrogens is 2. The molecule has 0 saturated heterocycles. The zero-order valence-corrected chi connectivity index (χ0v) is 18.6. The average molecular weight is 483 g/mol. The fourth-order valence-corrected chi connectivity index (χ4v) is 3.74. The highest BCUT2D eigenvalue weighted by Crippen LogP contribution is 2.21. The van der Waals surface area contributed by atoms with Crippen molar-refractivity contribution in [3.63, 3.8) is 0 Å². The number of H-pyrrole nitrogens is 1. The Morgan fingerprint density at radius 3 is 2.81 bits per heavy atom. The molecule has 0 spiro atoms. The number of nitrogens with one attached hydrogen (secondary N) is 3. The molecule has 0 amide bonds. The number of thiazole rings is 1. The molecule has 3 rings (SSSR count). The first-order valence-electron chi connectivity index (χ1n) is 8.65. The van der Waals surface area contributed by atoms with Gasteiger partial charge in [-0.05, 0) is 31.4 Å². The first kappa shape index (κ1) is 20.7. The SMILES string of the molecule is CCc1cnc(CNC(=NC)NCCc2c(C)[nH]c3ccccc23)s1.I. The molecule has 0 unspecified atom stereocenters. The molecule has 1 aromatic carbocycles. The van der Waals surface area contributed by atoms with Crippen molar-refractivity contribution in [2.24, 2.45) is 4.99 Å². The highest BCUT2D eigenvalue weighted by atomic mass is 127. The number of guanidine groups is 1. The van der Waals surface area contributed by atoms with Crippen LogP contribution in [0.3, 0.4) is 0 Å². The Balaban J connectivity index is 0.00000243. The number of aryl methyl sites for hydroxylation is 2. The third-order valence-corrected chi connectivity index (χ3v) is 5.42. The minimum absolute atomic E-state index is 0. The van der Waals surface area contributed by atoms with Crippen LogP contribution in [0.15, 0.2) is 35.5 Å². The van der Waals surface area contributed by atoms with Gasteiger partial charge in [0.05, 0.1) is 6.54 Å². The summed E-state index contributed by atoms with van der Waals surface area (Å²) in [6, 6.07) is 8.45. The monoisotopic (exact) mass is 483 g/mol. The summed E-state index contributed by atoms with van der Waals surface area (Å²) in [5.41, 5.74) is 3.81. The quantitative estimate of drug-likeness (QED) is 0.282. The van der Waals surface area contributed by atoms with E-state index in [4.69, 9.17) is 0 Å². The van der Waals surface area contributed by atoms with Gasteiger partial charge in [0, 0.05) is 41.3 Å². The number of hydrogen-bond acceptors (Lipinski definition) is 3. The number of benzene rings is 1. The zero-order valence-electron chi connectivity index (χ0n) is 15.4. The minimum Gasteiger partial charge on any atom is -0.358 e. The van der Waals surface area contributed by atoms with Crippen molar-refractivity contribution in [3.8, 4) is 0 Å². The number of para-hydroxylation sites is 1. The standard InChI is InChI=1S/C19H25N5S.HI/c1-4-14-11-22-18(25-14)12-23-19(20-3)21-10-9-15-13(2)24-17-8-6-5-7-16(15)17;/h5-8,11,24H,4,9-10,12H2,1-3H3,(H2,20,21,23);1H. The minimum atomic E-state index is 0. The van der Waals surface area contributed by atoms with Crippen molar-refractivity contribution in [2.75, 3.05) is 13.6 Å². The Morgan fingerprint density at radius 1 is 1.27 bits per heavy atom. The van der Waals surface area contributed by atoms with Crippen LogP contribution < -0.4 is 10.6 Å². The number of aromatic amines is 1. The molecule has 5 nitrogen and oxygen atoms in total. The Hall–Kier alpha value is -1.61. The van der Waals surface area contributed by atoms with E-state index in [-0.39, 0.29) is 24.0 Å². The maximum Gasteiger partial charge on any atom is 0.191 e. The van der Waals surface area contributed by atoms with Crippen LogP contribution in [-0.2, 0) is 19.4 Å². The van der Waals surface area contributed by atoms with Crippen molar-refractivity contribution in [2.45, 2.75) is 33.2 Å². The van der Waals surface area contributed by atoms with E-state index in [0.717, 1.165) is 30.4 Å². The molecule has 2 heterocycles. The first-order chi connectivity index (χ1) is 12.2. The number of aliphatic imine (C=N–C) groups is 1. The van der Waals surface area contributed by atoms with Gasteiger partial charge in [-0.15, -0.1) is 35.3 Å². The van der Waals surface area contributed by atoms with Crippen LogP contribution in [0.5, 0.6) is 0 Å². The molecule has 0 bridgehead atoms. The van der Waals surface area contributed by atoms with E-state index in [1.807, 2.05) is 6.20 Å². The molecule has 2 aromatic heterocycles. The lowest BCUT2D eigenvalue weighted by Crippen LogP contribution is -2.37. The molecule has 0 saturated carbocycles. The average Bonchev–Trinajstić information content (AvgIpc) is 3.22. The molecule has 0 atom stereocenters. The number of halogens is 1. The van der Waals surface area contributed by atoms with Gasteiger partial charge in [-0.25, -0.2) is 4.98 Å². The fourth-order valence-electron chi connectivity index (χ4n) is 2.94. The van der Waals surface area contributed by atoms with Gasteiger partial charge in [0.1, 0.15) is 5.01 Å². The molecule has 3 N–H and O–H groups in total. The fraction of sp³-hybridized carbons (Fsp3) is 0.368. The van der Waals surface area contributed by atoms with Crippen LogP contribution in [0, 0.1) is 6.92 Å². The Labute approximate surface area is 175 Å². The number of hydrogen-bond donors (Lipinski definition) is 3. The van der Waals surface area contributed by atoms with Crippen LogP contribution in [0.1, 0.15) is 28.1 Å². The maximum atomic E-state index is 4.43. The van der Waals surface area contributed by atoms with Gasteiger partial charge in [0.25, 0.3) is 0 Å². The van der Waals surface area contributed by atoms with Crippen molar-refractivity contribution in [3.05, 3.63) is 51.6 Å². The predicted molar refractivity (Wildman–Crippen MR) is 122 cm³/mol. The van der Waals surface area contributed by atoms with Gasteiger partial charge in [-0.2, -0.15) is 0 Å². The molecule has 7 heteroatoms. The summed E-state index contributed by atoms with van der Waals surface area (Å²) in [5, 5.41) is 9.12. The number of nitrogens with zero attached hydrogens (tertiary/aromatic N) is 2. The molecule has 0 fully saturated rings. The number of rotatable bonds is 6. The second kappa shape index (κ2) is 9.91. The molecule has 26 heavy (non-hydrogen) atoms. The molecule has 0 radical (unpaired) electrons. The van der Waals surface area contributed by atoms with Crippen LogP contribution in [-0.4, -0.2) is 29.5 Å². The lowest BCUT2D eigenvalue weighted by atomic mass is 10.1. The summed E-state index contributed by atoms with van der Waals surface area (Å²) in [6.07, 6.45) is 3.94.